The molecule has 3 rings (SSSR count). The smallest absolute Gasteiger partial charge is 0.176 e. The number of para-hydroxylation sites is 1. The second-order valence-corrected chi connectivity index (χ2v) is 7.95. The van der Waals surface area contributed by atoms with Gasteiger partial charge in [0.15, 0.2) is 11.5 Å². The van der Waals surface area contributed by atoms with Crippen molar-refractivity contribution in [1.82, 2.24) is 9.80 Å². The molecule has 2 N–H and O–H groups in total. The zero-order chi connectivity index (χ0) is 21.5. The van der Waals surface area contributed by atoms with E-state index in [1.807, 2.05) is 31.2 Å². The number of aliphatic hydroxyl groups is 1. The summed E-state index contributed by atoms with van der Waals surface area (Å²) in [5.74, 6) is 1.28. The highest BCUT2D eigenvalue weighted by molar-refractivity contribution is 6.32. The van der Waals surface area contributed by atoms with Crippen molar-refractivity contribution >= 4 is 11.6 Å². The third-order valence-corrected chi connectivity index (χ3v) is 5.80. The maximum Gasteiger partial charge on any atom is 0.176 e. The van der Waals surface area contributed by atoms with E-state index in [1.54, 1.807) is 6.07 Å². The van der Waals surface area contributed by atoms with E-state index >= 15 is 0 Å². The van der Waals surface area contributed by atoms with E-state index in [9.17, 15) is 10.2 Å². The fourth-order valence-corrected chi connectivity index (χ4v) is 4.25. The van der Waals surface area contributed by atoms with Crippen molar-refractivity contribution in [2.24, 2.45) is 0 Å². The van der Waals surface area contributed by atoms with Crippen LogP contribution in [-0.2, 0) is 13.1 Å². The molecular weight excluding hydrogens is 404 g/mol. The summed E-state index contributed by atoms with van der Waals surface area (Å²) in [5, 5.41) is 19.9. The lowest BCUT2D eigenvalue weighted by molar-refractivity contribution is 0.0494. The molecular formula is C23H31ClN2O4. The van der Waals surface area contributed by atoms with Crippen molar-refractivity contribution in [3.63, 3.8) is 0 Å². The molecule has 0 amide bonds. The van der Waals surface area contributed by atoms with Crippen LogP contribution in [0.25, 0.3) is 0 Å². The second-order valence-electron chi connectivity index (χ2n) is 7.54. The summed E-state index contributed by atoms with van der Waals surface area (Å²) in [6.07, 6.45) is 0.715. The number of hydrogen-bond donors (Lipinski definition) is 2. The van der Waals surface area contributed by atoms with Gasteiger partial charge in [-0.1, -0.05) is 29.8 Å². The minimum atomic E-state index is -0.0288. The Morgan fingerprint density at radius 1 is 1.13 bits per heavy atom. The van der Waals surface area contributed by atoms with Gasteiger partial charge in [0.1, 0.15) is 5.75 Å². The molecule has 2 aromatic rings. The third kappa shape index (κ3) is 5.58. The first-order valence-corrected chi connectivity index (χ1v) is 10.8. The van der Waals surface area contributed by atoms with Crippen molar-refractivity contribution < 1.29 is 19.7 Å². The molecule has 0 aromatic heterocycles. The number of benzene rings is 2. The van der Waals surface area contributed by atoms with Crippen LogP contribution in [-0.4, -0.2) is 66.0 Å². The number of methoxy groups -OCH3 is 1. The van der Waals surface area contributed by atoms with Crippen molar-refractivity contribution in [2.75, 3.05) is 40.0 Å². The standard InChI is InChI=1S/C23H31ClN2O4/c1-3-30-21-7-5-4-6-18(21)15-26-10-9-25(16-19(26)8-11-27)14-17-12-20(24)23(28)22(13-17)29-2/h4-7,12-13,19,27-28H,3,8-11,14-16H2,1-2H3/t19-/m0/s1. The number of hydrogen-bond acceptors (Lipinski definition) is 6. The van der Waals surface area contributed by atoms with Gasteiger partial charge in [0.2, 0.25) is 0 Å². The Bertz CT molecular complexity index is 833. The highest BCUT2D eigenvalue weighted by Crippen LogP contribution is 2.35. The molecule has 1 aliphatic rings. The lowest BCUT2D eigenvalue weighted by Crippen LogP contribution is -2.52. The van der Waals surface area contributed by atoms with Crippen molar-refractivity contribution in [3.8, 4) is 17.2 Å². The summed E-state index contributed by atoms with van der Waals surface area (Å²) in [7, 11) is 1.52. The summed E-state index contributed by atoms with van der Waals surface area (Å²) < 4.78 is 11.0. The van der Waals surface area contributed by atoms with Crippen LogP contribution < -0.4 is 9.47 Å². The van der Waals surface area contributed by atoms with Gasteiger partial charge in [0, 0.05) is 50.9 Å². The van der Waals surface area contributed by atoms with Gasteiger partial charge in [-0.3, -0.25) is 9.80 Å². The summed E-state index contributed by atoms with van der Waals surface area (Å²) >= 11 is 6.15. The van der Waals surface area contributed by atoms with Crippen LogP contribution in [0.15, 0.2) is 36.4 Å². The molecule has 0 unspecified atom stereocenters. The number of piperazine rings is 1. The topological polar surface area (TPSA) is 65.4 Å². The van der Waals surface area contributed by atoms with Crippen LogP contribution in [0.5, 0.6) is 17.2 Å². The number of ether oxygens (including phenoxy) is 2. The zero-order valence-electron chi connectivity index (χ0n) is 17.7. The molecule has 1 fully saturated rings. The van der Waals surface area contributed by atoms with E-state index < -0.39 is 0 Å². The van der Waals surface area contributed by atoms with Crippen LogP contribution in [0.2, 0.25) is 5.02 Å². The summed E-state index contributed by atoms with van der Waals surface area (Å²) in [6.45, 7) is 6.94. The van der Waals surface area contributed by atoms with Crippen LogP contribution in [0.1, 0.15) is 24.5 Å². The molecule has 7 heteroatoms. The average Bonchev–Trinajstić information content (AvgIpc) is 2.74. The summed E-state index contributed by atoms with van der Waals surface area (Å²) in [4.78, 5) is 4.78. The predicted octanol–water partition coefficient (Wildman–Crippen LogP) is 3.52. The monoisotopic (exact) mass is 434 g/mol. The zero-order valence-corrected chi connectivity index (χ0v) is 18.4. The third-order valence-electron chi connectivity index (χ3n) is 5.51. The molecule has 0 radical (unpaired) electrons. The second kappa shape index (κ2) is 10.9. The van der Waals surface area contributed by atoms with E-state index in [4.69, 9.17) is 21.1 Å². The van der Waals surface area contributed by atoms with E-state index in [2.05, 4.69) is 15.9 Å². The normalized spacial score (nSPS) is 17.8. The van der Waals surface area contributed by atoms with E-state index in [1.165, 1.54) is 12.7 Å². The van der Waals surface area contributed by atoms with Gasteiger partial charge in [-0.05, 0) is 37.1 Å². The van der Waals surface area contributed by atoms with Crippen molar-refractivity contribution in [1.29, 1.82) is 0 Å². The first-order valence-electron chi connectivity index (χ1n) is 10.4. The Hall–Kier alpha value is -1.99. The molecule has 0 saturated carbocycles. The van der Waals surface area contributed by atoms with Crippen molar-refractivity contribution in [2.45, 2.75) is 32.5 Å². The van der Waals surface area contributed by atoms with Crippen molar-refractivity contribution in [3.05, 3.63) is 52.5 Å². The molecule has 0 aliphatic carbocycles. The molecule has 1 atom stereocenters. The molecule has 1 heterocycles. The van der Waals surface area contributed by atoms with Gasteiger partial charge in [-0.15, -0.1) is 0 Å². The minimum absolute atomic E-state index is 0.0288. The first-order chi connectivity index (χ1) is 14.5. The van der Waals surface area contributed by atoms with Gasteiger partial charge in [-0.2, -0.15) is 0 Å². The maximum absolute atomic E-state index is 9.96. The summed E-state index contributed by atoms with van der Waals surface area (Å²) in [6, 6.07) is 12.0. The lowest BCUT2D eigenvalue weighted by Gasteiger charge is -2.41. The summed E-state index contributed by atoms with van der Waals surface area (Å²) in [5.41, 5.74) is 2.17. The van der Waals surface area contributed by atoms with E-state index in [-0.39, 0.29) is 18.4 Å². The van der Waals surface area contributed by atoms with Crippen LogP contribution >= 0.6 is 11.6 Å². The Kier molecular flexibility index (Phi) is 8.22. The van der Waals surface area contributed by atoms with Gasteiger partial charge in [0.05, 0.1) is 18.7 Å². The minimum Gasteiger partial charge on any atom is -0.503 e. The fourth-order valence-electron chi connectivity index (χ4n) is 4.01. The lowest BCUT2D eigenvalue weighted by atomic mass is 10.1. The maximum atomic E-state index is 9.96. The highest BCUT2D eigenvalue weighted by Gasteiger charge is 2.27. The molecule has 30 heavy (non-hydrogen) atoms. The number of nitrogens with zero attached hydrogens (tertiary/aromatic N) is 2. The molecule has 1 aliphatic heterocycles. The predicted molar refractivity (Wildman–Crippen MR) is 118 cm³/mol. The molecule has 164 valence electrons. The van der Waals surface area contributed by atoms with Gasteiger partial charge in [-0.25, -0.2) is 0 Å². The number of halogens is 1. The van der Waals surface area contributed by atoms with Gasteiger partial charge in [0.25, 0.3) is 0 Å². The molecule has 0 spiro atoms. The van der Waals surface area contributed by atoms with Gasteiger partial charge >= 0.3 is 0 Å². The van der Waals surface area contributed by atoms with Crippen LogP contribution in [0.4, 0.5) is 0 Å². The Balaban J connectivity index is 1.69. The van der Waals surface area contributed by atoms with E-state index in [0.29, 0.717) is 30.3 Å². The number of rotatable bonds is 9. The quantitative estimate of drug-likeness (QED) is 0.629. The van der Waals surface area contributed by atoms with Crippen LogP contribution in [0.3, 0.4) is 0 Å². The Morgan fingerprint density at radius 3 is 2.67 bits per heavy atom. The largest absolute Gasteiger partial charge is 0.503 e. The molecule has 0 bridgehead atoms. The van der Waals surface area contributed by atoms with Gasteiger partial charge < -0.3 is 19.7 Å². The molecule has 1 saturated heterocycles. The number of aliphatic hydroxyl groups excluding tert-OH is 1. The SMILES string of the molecule is CCOc1ccccc1CN1CCN(Cc2cc(Cl)c(O)c(OC)c2)C[C@@H]1CCO. The number of phenolic OH excluding ortho intramolecular Hbond substituents is 1. The molecule has 2 aromatic carbocycles. The van der Waals surface area contributed by atoms with Crippen LogP contribution in [0, 0.1) is 0 Å². The fraction of sp³-hybridized carbons (Fsp3) is 0.478. The average molecular weight is 435 g/mol. The van der Waals surface area contributed by atoms with E-state index in [0.717, 1.165) is 37.5 Å². The number of phenols is 1. The Labute approximate surface area is 183 Å². The Morgan fingerprint density at radius 2 is 1.93 bits per heavy atom. The number of aromatic hydroxyl groups is 1. The highest BCUT2D eigenvalue weighted by atomic mass is 35.5. The molecule has 6 nitrogen and oxygen atoms in total. The first kappa shape index (κ1) is 22.7.